The van der Waals surface area contributed by atoms with Gasteiger partial charge in [0.05, 0.1) is 23.2 Å². The van der Waals surface area contributed by atoms with E-state index >= 15 is 0 Å². The Morgan fingerprint density at radius 3 is 2.52 bits per heavy atom. The highest BCUT2D eigenvalue weighted by molar-refractivity contribution is 5.76. The van der Waals surface area contributed by atoms with Crippen molar-refractivity contribution < 1.29 is 0 Å². The molecule has 3 heterocycles. The summed E-state index contributed by atoms with van der Waals surface area (Å²) < 4.78 is 2.46. The Morgan fingerprint density at radius 1 is 0.963 bits per heavy atom. The summed E-state index contributed by atoms with van der Waals surface area (Å²) in [5.41, 5.74) is 0.725. The molecule has 0 radical (unpaired) electrons. The number of para-hydroxylation sites is 1. The van der Waals surface area contributed by atoms with Crippen LogP contribution < -0.4 is 11.2 Å². The first-order valence-electron chi connectivity index (χ1n) is 8.19. The SMILES string of the molecule is N#Cc1ccccc1-n1c(=O)n(Cc2ccncc2)c(=O)c2cccnc21. The normalized spacial score (nSPS) is 10.6. The van der Waals surface area contributed by atoms with E-state index in [4.69, 9.17) is 0 Å². The third kappa shape index (κ3) is 2.79. The highest BCUT2D eigenvalue weighted by Crippen LogP contribution is 2.16. The van der Waals surface area contributed by atoms with Crippen molar-refractivity contribution in [2.75, 3.05) is 0 Å². The van der Waals surface area contributed by atoms with Gasteiger partial charge >= 0.3 is 5.69 Å². The third-order valence-electron chi connectivity index (χ3n) is 4.25. The van der Waals surface area contributed by atoms with E-state index in [-0.39, 0.29) is 12.2 Å². The number of pyridine rings is 2. The smallest absolute Gasteiger partial charge is 0.268 e. The molecular formula is C20H13N5O2. The average molecular weight is 355 g/mol. The zero-order valence-electron chi connectivity index (χ0n) is 14.1. The van der Waals surface area contributed by atoms with Gasteiger partial charge in [-0.1, -0.05) is 12.1 Å². The number of benzene rings is 1. The Morgan fingerprint density at radius 2 is 1.74 bits per heavy atom. The second-order valence-electron chi connectivity index (χ2n) is 5.87. The van der Waals surface area contributed by atoms with Crippen LogP contribution in [0.4, 0.5) is 0 Å². The van der Waals surface area contributed by atoms with Crippen molar-refractivity contribution in [1.29, 1.82) is 5.26 Å². The van der Waals surface area contributed by atoms with Crippen LogP contribution in [-0.4, -0.2) is 19.1 Å². The number of hydrogen-bond acceptors (Lipinski definition) is 5. The molecule has 0 aliphatic heterocycles. The van der Waals surface area contributed by atoms with Crippen LogP contribution in [0.25, 0.3) is 16.7 Å². The van der Waals surface area contributed by atoms with Crippen LogP contribution in [0.1, 0.15) is 11.1 Å². The second kappa shape index (κ2) is 6.69. The van der Waals surface area contributed by atoms with Gasteiger partial charge in [0.15, 0.2) is 5.65 Å². The Hall–Kier alpha value is -4.05. The molecule has 0 amide bonds. The fraction of sp³-hybridized carbons (Fsp3) is 0.0500. The van der Waals surface area contributed by atoms with E-state index in [1.807, 2.05) is 0 Å². The minimum Gasteiger partial charge on any atom is -0.268 e. The van der Waals surface area contributed by atoms with Crippen LogP contribution in [0.2, 0.25) is 0 Å². The molecule has 0 unspecified atom stereocenters. The van der Waals surface area contributed by atoms with Gasteiger partial charge < -0.3 is 0 Å². The maximum Gasteiger partial charge on any atom is 0.337 e. The quantitative estimate of drug-likeness (QED) is 0.559. The molecule has 0 bridgehead atoms. The summed E-state index contributed by atoms with van der Waals surface area (Å²) in [4.78, 5) is 34.3. The summed E-state index contributed by atoms with van der Waals surface area (Å²) >= 11 is 0. The van der Waals surface area contributed by atoms with Gasteiger partial charge in [-0.25, -0.2) is 14.3 Å². The maximum atomic E-state index is 13.2. The number of fused-ring (bicyclic) bond motifs is 1. The van der Waals surface area contributed by atoms with Gasteiger partial charge in [0, 0.05) is 18.6 Å². The molecule has 7 nitrogen and oxygen atoms in total. The number of aromatic nitrogens is 4. The van der Waals surface area contributed by atoms with Crippen LogP contribution in [0.3, 0.4) is 0 Å². The highest BCUT2D eigenvalue weighted by atomic mass is 16.2. The summed E-state index contributed by atoms with van der Waals surface area (Å²) in [6, 6.07) is 15.6. The van der Waals surface area contributed by atoms with Crippen LogP contribution >= 0.6 is 0 Å². The Bertz CT molecular complexity index is 1300. The molecule has 130 valence electrons. The molecule has 0 atom stereocenters. The molecule has 7 heteroatoms. The number of nitriles is 1. The third-order valence-corrected chi connectivity index (χ3v) is 4.25. The van der Waals surface area contributed by atoms with E-state index in [1.165, 1.54) is 10.8 Å². The Balaban J connectivity index is 2.09. The van der Waals surface area contributed by atoms with E-state index in [2.05, 4.69) is 16.0 Å². The maximum absolute atomic E-state index is 13.2. The van der Waals surface area contributed by atoms with Gasteiger partial charge in [-0.2, -0.15) is 5.26 Å². The molecule has 0 saturated carbocycles. The summed E-state index contributed by atoms with van der Waals surface area (Å²) in [5.74, 6) is 0. The van der Waals surface area contributed by atoms with Gasteiger partial charge in [-0.15, -0.1) is 0 Å². The fourth-order valence-corrected chi connectivity index (χ4v) is 2.98. The zero-order chi connectivity index (χ0) is 18.8. The lowest BCUT2D eigenvalue weighted by Crippen LogP contribution is -2.40. The fourth-order valence-electron chi connectivity index (χ4n) is 2.98. The van der Waals surface area contributed by atoms with Crippen molar-refractivity contribution in [3.05, 3.63) is 99.1 Å². The van der Waals surface area contributed by atoms with Crippen molar-refractivity contribution in [3.8, 4) is 11.8 Å². The van der Waals surface area contributed by atoms with Crippen LogP contribution in [0.5, 0.6) is 0 Å². The van der Waals surface area contributed by atoms with E-state index in [0.717, 1.165) is 10.1 Å². The average Bonchev–Trinajstić information content (AvgIpc) is 2.72. The Kier molecular flexibility index (Phi) is 4.07. The molecule has 1 aromatic carbocycles. The lowest BCUT2D eigenvalue weighted by atomic mass is 10.2. The summed E-state index contributed by atoms with van der Waals surface area (Å²) in [6.07, 6.45) is 4.72. The molecule has 27 heavy (non-hydrogen) atoms. The molecule has 4 aromatic rings. The van der Waals surface area contributed by atoms with Crippen LogP contribution in [0, 0.1) is 11.3 Å². The molecule has 0 aliphatic rings. The first-order chi connectivity index (χ1) is 13.2. The second-order valence-corrected chi connectivity index (χ2v) is 5.87. The molecule has 0 saturated heterocycles. The van der Waals surface area contributed by atoms with Crippen molar-refractivity contribution in [2.45, 2.75) is 6.54 Å². The molecule has 3 aromatic heterocycles. The van der Waals surface area contributed by atoms with Gasteiger partial charge in [0.25, 0.3) is 5.56 Å². The number of rotatable bonds is 3. The van der Waals surface area contributed by atoms with E-state index < -0.39 is 11.2 Å². The predicted molar refractivity (Wildman–Crippen MR) is 99.7 cm³/mol. The molecule has 0 aliphatic carbocycles. The van der Waals surface area contributed by atoms with Crippen LogP contribution in [-0.2, 0) is 6.54 Å². The summed E-state index contributed by atoms with van der Waals surface area (Å²) in [5, 5.41) is 9.75. The minimum atomic E-state index is -0.550. The topological polar surface area (TPSA) is 93.6 Å². The lowest BCUT2D eigenvalue weighted by molar-refractivity contribution is 0.682. The van der Waals surface area contributed by atoms with Gasteiger partial charge in [0.1, 0.15) is 6.07 Å². The molecule has 0 spiro atoms. The first kappa shape index (κ1) is 16.4. The standard InChI is InChI=1S/C20H13N5O2/c21-12-15-4-1-2-6-17(15)25-18-16(5-3-9-23-18)19(26)24(20(25)27)13-14-7-10-22-11-8-14/h1-11H,13H2. The van der Waals surface area contributed by atoms with E-state index in [9.17, 15) is 14.9 Å². The summed E-state index contributed by atoms with van der Waals surface area (Å²) in [7, 11) is 0. The van der Waals surface area contributed by atoms with Gasteiger partial charge in [0.2, 0.25) is 0 Å². The summed E-state index contributed by atoms with van der Waals surface area (Å²) in [6.45, 7) is 0.0970. The van der Waals surface area contributed by atoms with E-state index in [1.54, 1.807) is 60.9 Å². The molecule has 0 fully saturated rings. The largest absolute Gasteiger partial charge is 0.337 e. The first-order valence-corrected chi connectivity index (χ1v) is 8.19. The molecule has 0 N–H and O–H groups in total. The lowest BCUT2D eigenvalue weighted by Gasteiger charge is -2.14. The number of nitrogens with zero attached hydrogens (tertiary/aromatic N) is 5. The van der Waals surface area contributed by atoms with Gasteiger partial charge in [-0.3, -0.25) is 14.3 Å². The van der Waals surface area contributed by atoms with Crippen molar-refractivity contribution in [2.24, 2.45) is 0 Å². The Labute approximate surface area is 153 Å². The van der Waals surface area contributed by atoms with Crippen molar-refractivity contribution >= 4 is 11.0 Å². The monoisotopic (exact) mass is 355 g/mol. The van der Waals surface area contributed by atoms with Crippen molar-refractivity contribution in [1.82, 2.24) is 19.1 Å². The zero-order valence-corrected chi connectivity index (χ0v) is 14.1. The minimum absolute atomic E-state index is 0.0970. The van der Waals surface area contributed by atoms with E-state index in [0.29, 0.717) is 16.6 Å². The predicted octanol–water partition coefficient (Wildman–Crippen LogP) is 1.86. The number of hydrogen-bond donors (Lipinski definition) is 0. The van der Waals surface area contributed by atoms with Crippen LogP contribution in [0.15, 0.2) is 76.7 Å². The van der Waals surface area contributed by atoms with Crippen molar-refractivity contribution in [3.63, 3.8) is 0 Å². The van der Waals surface area contributed by atoms with Gasteiger partial charge in [-0.05, 0) is 42.0 Å². The molecule has 4 rings (SSSR count). The highest BCUT2D eigenvalue weighted by Gasteiger charge is 2.17. The molecular weight excluding hydrogens is 342 g/mol.